The predicted molar refractivity (Wildman–Crippen MR) is 71.7 cm³/mol. The number of nitrogens with zero attached hydrogens (tertiary/aromatic N) is 2. The van der Waals surface area contributed by atoms with Crippen LogP contribution in [0.15, 0.2) is 30.9 Å². The molecule has 2 N–H and O–H groups in total. The summed E-state index contributed by atoms with van der Waals surface area (Å²) in [5, 5.41) is 0. The molecule has 2 rings (SSSR count). The van der Waals surface area contributed by atoms with Gasteiger partial charge in [-0.25, -0.2) is 4.98 Å². The number of hydrogen-bond acceptors (Lipinski definition) is 5. The van der Waals surface area contributed by atoms with E-state index in [0.717, 1.165) is 0 Å². The topological polar surface area (TPSA) is 71.5 Å². The summed E-state index contributed by atoms with van der Waals surface area (Å²) in [4.78, 5) is 3.97. The summed E-state index contributed by atoms with van der Waals surface area (Å²) in [6.07, 6.45) is 5.34. The number of benzene rings is 1. The van der Waals surface area contributed by atoms with Gasteiger partial charge in [0.15, 0.2) is 11.5 Å². The van der Waals surface area contributed by atoms with E-state index in [1.165, 1.54) is 0 Å². The van der Waals surface area contributed by atoms with Gasteiger partial charge in [-0.05, 0) is 0 Å². The molecule has 6 heteroatoms. The first-order valence-corrected chi connectivity index (χ1v) is 5.84. The summed E-state index contributed by atoms with van der Waals surface area (Å²) in [5.74, 6) is 1.67. The summed E-state index contributed by atoms with van der Waals surface area (Å²) < 4.78 is 18.1. The monoisotopic (exact) mass is 263 g/mol. The third-order valence-electron chi connectivity index (χ3n) is 2.63. The van der Waals surface area contributed by atoms with Crippen LogP contribution in [-0.2, 0) is 6.54 Å². The van der Waals surface area contributed by atoms with E-state index in [-0.39, 0.29) is 0 Å². The minimum Gasteiger partial charge on any atom is -0.493 e. The summed E-state index contributed by atoms with van der Waals surface area (Å²) >= 11 is 0. The van der Waals surface area contributed by atoms with Crippen molar-refractivity contribution < 1.29 is 14.2 Å². The molecule has 0 radical (unpaired) electrons. The van der Waals surface area contributed by atoms with Crippen molar-refractivity contribution >= 4 is 5.69 Å². The molecule has 0 fully saturated rings. The molecule has 6 nitrogen and oxygen atoms in total. The third kappa shape index (κ3) is 3.09. The van der Waals surface area contributed by atoms with Gasteiger partial charge in [0.2, 0.25) is 5.75 Å². The Morgan fingerprint density at radius 1 is 1.21 bits per heavy atom. The molecule has 0 aliphatic heterocycles. The van der Waals surface area contributed by atoms with Gasteiger partial charge in [0.1, 0.15) is 6.61 Å². The molecule has 19 heavy (non-hydrogen) atoms. The minimum atomic E-state index is 0.485. The summed E-state index contributed by atoms with van der Waals surface area (Å²) in [6.45, 7) is 1.18. The van der Waals surface area contributed by atoms with Crippen molar-refractivity contribution in [3.05, 3.63) is 30.9 Å². The molecule has 0 bridgehead atoms. The van der Waals surface area contributed by atoms with Gasteiger partial charge < -0.3 is 24.5 Å². The molecule has 1 aromatic heterocycles. The quantitative estimate of drug-likeness (QED) is 0.801. The largest absolute Gasteiger partial charge is 0.493 e. The van der Waals surface area contributed by atoms with Crippen LogP contribution in [0.3, 0.4) is 0 Å². The van der Waals surface area contributed by atoms with Crippen molar-refractivity contribution in [1.82, 2.24) is 9.55 Å². The number of aromatic nitrogens is 2. The predicted octanol–water partition coefficient (Wildman–Crippen LogP) is 1.56. The zero-order chi connectivity index (χ0) is 13.7. The number of nitrogen functional groups attached to an aromatic ring is 1. The Labute approximate surface area is 111 Å². The van der Waals surface area contributed by atoms with Crippen molar-refractivity contribution in [2.24, 2.45) is 0 Å². The molecule has 0 saturated carbocycles. The van der Waals surface area contributed by atoms with Crippen molar-refractivity contribution in [3.8, 4) is 17.2 Å². The van der Waals surface area contributed by atoms with E-state index in [1.807, 2.05) is 10.8 Å². The fourth-order valence-corrected chi connectivity index (χ4v) is 1.74. The van der Waals surface area contributed by atoms with Crippen LogP contribution in [0.25, 0.3) is 0 Å². The molecule has 0 aliphatic rings. The van der Waals surface area contributed by atoms with Crippen LogP contribution in [0, 0.1) is 0 Å². The second-order valence-corrected chi connectivity index (χ2v) is 3.90. The van der Waals surface area contributed by atoms with E-state index in [9.17, 15) is 0 Å². The first-order chi connectivity index (χ1) is 9.24. The van der Waals surface area contributed by atoms with Crippen molar-refractivity contribution in [2.75, 3.05) is 26.6 Å². The molecule has 0 unspecified atom stereocenters. The maximum Gasteiger partial charge on any atom is 0.203 e. The standard InChI is InChI=1S/C13H17N3O3/c1-17-11-7-10(14)8-12(13(11)18-2)19-6-5-16-4-3-15-9-16/h3-4,7-9H,5-6,14H2,1-2H3. The van der Waals surface area contributed by atoms with Gasteiger partial charge in [-0.15, -0.1) is 0 Å². The lowest BCUT2D eigenvalue weighted by Gasteiger charge is -2.14. The van der Waals surface area contributed by atoms with Crippen LogP contribution in [0.4, 0.5) is 5.69 Å². The van der Waals surface area contributed by atoms with E-state index in [0.29, 0.717) is 36.1 Å². The van der Waals surface area contributed by atoms with Gasteiger partial charge >= 0.3 is 0 Å². The highest BCUT2D eigenvalue weighted by Crippen LogP contribution is 2.39. The molecule has 0 atom stereocenters. The van der Waals surface area contributed by atoms with Crippen LogP contribution in [0.2, 0.25) is 0 Å². The fraction of sp³-hybridized carbons (Fsp3) is 0.308. The Kier molecular flexibility index (Phi) is 4.12. The van der Waals surface area contributed by atoms with Crippen LogP contribution >= 0.6 is 0 Å². The first kappa shape index (κ1) is 13.1. The lowest BCUT2D eigenvalue weighted by Crippen LogP contribution is -2.08. The molecule has 102 valence electrons. The van der Waals surface area contributed by atoms with E-state index in [1.54, 1.807) is 38.9 Å². The third-order valence-corrected chi connectivity index (χ3v) is 2.63. The maximum atomic E-state index is 5.79. The number of anilines is 1. The van der Waals surface area contributed by atoms with E-state index >= 15 is 0 Å². The zero-order valence-corrected chi connectivity index (χ0v) is 11.0. The number of imidazole rings is 1. The molecule has 2 aromatic rings. The minimum absolute atomic E-state index is 0.485. The van der Waals surface area contributed by atoms with E-state index < -0.39 is 0 Å². The number of ether oxygens (including phenoxy) is 3. The molecular formula is C13H17N3O3. The van der Waals surface area contributed by atoms with Gasteiger partial charge in [0.25, 0.3) is 0 Å². The van der Waals surface area contributed by atoms with Crippen molar-refractivity contribution in [3.63, 3.8) is 0 Å². The van der Waals surface area contributed by atoms with Gasteiger partial charge in [-0.1, -0.05) is 0 Å². The van der Waals surface area contributed by atoms with Crippen LogP contribution in [0.5, 0.6) is 17.2 Å². The van der Waals surface area contributed by atoms with Gasteiger partial charge in [0, 0.05) is 30.2 Å². The first-order valence-electron chi connectivity index (χ1n) is 5.84. The Morgan fingerprint density at radius 3 is 2.63 bits per heavy atom. The number of methoxy groups -OCH3 is 2. The molecule has 0 spiro atoms. The molecule has 0 amide bonds. The Hall–Kier alpha value is -2.37. The lowest BCUT2D eigenvalue weighted by atomic mass is 10.2. The van der Waals surface area contributed by atoms with Gasteiger partial charge in [-0.3, -0.25) is 0 Å². The van der Waals surface area contributed by atoms with Crippen molar-refractivity contribution in [2.45, 2.75) is 6.54 Å². The van der Waals surface area contributed by atoms with Crippen molar-refractivity contribution in [1.29, 1.82) is 0 Å². The van der Waals surface area contributed by atoms with Gasteiger partial charge in [-0.2, -0.15) is 0 Å². The normalized spacial score (nSPS) is 10.2. The summed E-state index contributed by atoms with van der Waals surface area (Å²) in [6, 6.07) is 3.41. The average molecular weight is 263 g/mol. The molecule has 0 saturated heterocycles. The smallest absolute Gasteiger partial charge is 0.203 e. The molecule has 1 aromatic carbocycles. The highest BCUT2D eigenvalue weighted by molar-refractivity contribution is 5.60. The Balaban J connectivity index is 2.08. The summed E-state index contributed by atoms with van der Waals surface area (Å²) in [5.41, 5.74) is 6.36. The summed E-state index contributed by atoms with van der Waals surface area (Å²) in [7, 11) is 3.13. The number of rotatable bonds is 6. The Morgan fingerprint density at radius 2 is 2.00 bits per heavy atom. The van der Waals surface area contributed by atoms with Gasteiger partial charge in [0.05, 0.1) is 27.1 Å². The molecular weight excluding hydrogens is 246 g/mol. The Bertz CT molecular complexity index is 526. The van der Waals surface area contributed by atoms with E-state index in [4.69, 9.17) is 19.9 Å². The fourth-order valence-electron chi connectivity index (χ4n) is 1.74. The highest BCUT2D eigenvalue weighted by atomic mass is 16.5. The second kappa shape index (κ2) is 5.99. The lowest BCUT2D eigenvalue weighted by molar-refractivity contribution is 0.272. The van der Waals surface area contributed by atoms with Crippen LogP contribution in [-0.4, -0.2) is 30.4 Å². The average Bonchev–Trinajstić information content (AvgIpc) is 2.91. The van der Waals surface area contributed by atoms with E-state index in [2.05, 4.69) is 4.98 Å². The van der Waals surface area contributed by atoms with Crippen LogP contribution in [0.1, 0.15) is 0 Å². The maximum absolute atomic E-state index is 5.79. The van der Waals surface area contributed by atoms with Crippen LogP contribution < -0.4 is 19.9 Å². The SMILES string of the molecule is COc1cc(N)cc(OCCn2ccnc2)c1OC. The number of nitrogens with two attached hydrogens (primary N) is 1. The highest BCUT2D eigenvalue weighted by Gasteiger charge is 2.12. The zero-order valence-electron chi connectivity index (χ0n) is 11.0. The molecule has 1 heterocycles. The second-order valence-electron chi connectivity index (χ2n) is 3.90. The number of hydrogen-bond donors (Lipinski definition) is 1. The molecule has 0 aliphatic carbocycles.